The Kier molecular flexibility index (Phi) is 7.74. The third-order valence-electron chi connectivity index (χ3n) is 4.89. The van der Waals surface area contributed by atoms with E-state index in [9.17, 15) is 0 Å². The summed E-state index contributed by atoms with van der Waals surface area (Å²) >= 11 is 0. The monoisotopic (exact) mass is 385 g/mol. The van der Waals surface area contributed by atoms with Crippen LogP contribution in [-0.2, 0) is 0 Å². The van der Waals surface area contributed by atoms with Crippen LogP contribution < -0.4 is 10.6 Å². The molecule has 1 atom stereocenters. The van der Waals surface area contributed by atoms with Crippen molar-refractivity contribution in [3.05, 3.63) is 102 Å². The number of hydrogen-bond donors (Lipinski definition) is 2. The first-order chi connectivity index (χ1) is 13.9. The number of likely N-dealkylation sites (N-methyl/N-ethyl adjacent to an activating group) is 2. The molecule has 0 aromatic heterocycles. The number of hydrogen-bond acceptors (Lipinski definition) is 3. The second-order valence-corrected chi connectivity index (χ2v) is 7.21. The van der Waals surface area contributed by atoms with Gasteiger partial charge in [0.05, 0.1) is 0 Å². The smallest absolute Gasteiger partial charge is 0.139 e. The van der Waals surface area contributed by atoms with Gasteiger partial charge in [0.15, 0.2) is 0 Å². The second kappa shape index (κ2) is 10.2. The molecular formula is C26H31N3. The van der Waals surface area contributed by atoms with Gasteiger partial charge < -0.3 is 15.5 Å². The molecule has 0 heterocycles. The maximum absolute atomic E-state index is 4.24. The third-order valence-corrected chi connectivity index (χ3v) is 4.89. The second-order valence-electron chi connectivity index (χ2n) is 7.21. The van der Waals surface area contributed by atoms with E-state index in [1.165, 1.54) is 5.56 Å². The number of nitrogens with zero attached hydrogens (tertiary/aromatic N) is 1. The van der Waals surface area contributed by atoms with Crippen LogP contribution in [0.15, 0.2) is 80.2 Å². The Morgan fingerprint density at radius 3 is 1.93 bits per heavy atom. The van der Waals surface area contributed by atoms with Gasteiger partial charge in [0, 0.05) is 36.6 Å². The van der Waals surface area contributed by atoms with E-state index in [-0.39, 0.29) is 6.17 Å². The number of nitrogens with one attached hydrogen (secondary N) is 2. The fourth-order valence-corrected chi connectivity index (χ4v) is 2.90. The minimum Gasteiger partial charge on any atom is -0.389 e. The largest absolute Gasteiger partial charge is 0.389 e. The van der Waals surface area contributed by atoms with E-state index in [4.69, 9.17) is 0 Å². The van der Waals surface area contributed by atoms with Crippen molar-refractivity contribution in [3.63, 3.8) is 0 Å². The summed E-state index contributed by atoms with van der Waals surface area (Å²) < 4.78 is 0. The summed E-state index contributed by atoms with van der Waals surface area (Å²) in [5.74, 6) is 6.99. The molecule has 0 amide bonds. The summed E-state index contributed by atoms with van der Waals surface area (Å²) in [5, 5.41) is 6.27. The Labute approximate surface area is 175 Å². The molecule has 0 aliphatic rings. The molecule has 0 saturated heterocycles. The van der Waals surface area contributed by atoms with Crippen molar-refractivity contribution in [2.45, 2.75) is 25.9 Å². The molecule has 1 unspecified atom stereocenters. The molecule has 3 heteroatoms. The summed E-state index contributed by atoms with van der Waals surface area (Å²) in [6, 6.07) is 16.6. The van der Waals surface area contributed by atoms with Crippen molar-refractivity contribution in [3.8, 4) is 11.8 Å². The van der Waals surface area contributed by atoms with Crippen LogP contribution in [0.2, 0.25) is 0 Å². The summed E-state index contributed by atoms with van der Waals surface area (Å²) in [6.07, 6.45) is 1.52. The minimum absolute atomic E-state index is 0.140. The molecule has 150 valence electrons. The van der Waals surface area contributed by atoms with Crippen LogP contribution in [0, 0.1) is 11.8 Å². The molecule has 0 spiro atoms. The van der Waals surface area contributed by atoms with Gasteiger partial charge in [-0.2, -0.15) is 0 Å². The molecule has 0 fully saturated rings. The van der Waals surface area contributed by atoms with Crippen molar-refractivity contribution in [1.29, 1.82) is 0 Å². The molecule has 2 N–H and O–H groups in total. The molecule has 2 aromatic carbocycles. The summed E-state index contributed by atoms with van der Waals surface area (Å²) in [6.45, 7) is 16.4. The fraction of sp³-hybridized carbons (Fsp3) is 0.231. The van der Waals surface area contributed by atoms with E-state index in [0.29, 0.717) is 5.92 Å². The zero-order valence-electron chi connectivity index (χ0n) is 17.9. The summed E-state index contributed by atoms with van der Waals surface area (Å²) in [5.41, 5.74) is 6.06. The predicted molar refractivity (Wildman–Crippen MR) is 125 cm³/mol. The van der Waals surface area contributed by atoms with Gasteiger partial charge in [0.2, 0.25) is 0 Å². The van der Waals surface area contributed by atoms with Crippen molar-refractivity contribution in [1.82, 2.24) is 15.5 Å². The molecule has 3 nitrogen and oxygen atoms in total. The third kappa shape index (κ3) is 5.80. The molecule has 0 aliphatic carbocycles. The summed E-state index contributed by atoms with van der Waals surface area (Å²) in [4.78, 5) is 2.03. The molecular weight excluding hydrogens is 354 g/mol. The van der Waals surface area contributed by atoms with Gasteiger partial charge in [-0.15, -0.1) is 0 Å². The minimum atomic E-state index is -0.140. The maximum Gasteiger partial charge on any atom is 0.139 e. The molecule has 29 heavy (non-hydrogen) atoms. The van der Waals surface area contributed by atoms with Crippen molar-refractivity contribution in [2.24, 2.45) is 0 Å². The van der Waals surface area contributed by atoms with Crippen LogP contribution in [0.1, 0.15) is 42.0 Å². The molecule has 0 bridgehead atoms. The quantitative estimate of drug-likeness (QED) is 0.500. The molecule has 2 rings (SSSR count). The Hall–Kier alpha value is -3.38. The van der Waals surface area contributed by atoms with Crippen LogP contribution in [0.4, 0.5) is 0 Å². The molecule has 0 radical (unpaired) electrons. The van der Waals surface area contributed by atoms with Crippen LogP contribution in [-0.4, -0.2) is 25.2 Å². The standard InChI is InChI=1S/C26H31N3/c1-8-28-26(20(4)27-6)29(7)21(5)25-17-13-23(14-18-25)10-9-22-11-15-24(16-12-22)19(2)3/h8,11-19,26-28H,1,4-5H2,2-3,6-7H3. The highest BCUT2D eigenvalue weighted by Crippen LogP contribution is 2.20. The van der Waals surface area contributed by atoms with Crippen LogP contribution in [0.5, 0.6) is 0 Å². The Bertz CT molecular complexity index is 909. The van der Waals surface area contributed by atoms with Gasteiger partial charge in [-0.25, -0.2) is 0 Å². The normalized spacial score (nSPS) is 11.1. The number of benzene rings is 2. The van der Waals surface area contributed by atoms with E-state index >= 15 is 0 Å². The lowest BCUT2D eigenvalue weighted by molar-refractivity contribution is 0.349. The summed E-state index contributed by atoms with van der Waals surface area (Å²) in [7, 11) is 3.82. The van der Waals surface area contributed by atoms with Crippen LogP contribution in [0.25, 0.3) is 5.70 Å². The van der Waals surface area contributed by atoms with Gasteiger partial charge in [-0.1, -0.05) is 69.7 Å². The average Bonchev–Trinajstić information content (AvgIpc) is 2.75. The topological polar surface area (TPSA) is 27.3 Å². The van der Waals surface area contributed by atoms with E-state index < -0.39 is 0 Å². The van der Waals surface area contributed by atoms with Crippen LogP contribution >= 0.6 is 0 Å². The lowest BCUT2D eigenvalue weighted by atomic mass is 10.0. The Morgan fingerprint density at radius 1 is 0.966 bits per heavy atom. The Balaban J connectivity index is 2.12. The highest BCUT2D eigenvalue weighted by atomic mass is 15.3. The Morgan fingerprint density at radius 2 is 1.48 bits per heavy atom. The lowest BCUT2D eigenvalue weighted by Gasteiger charge is -2.33. The van der Waals surface area contributed by atoms with Crippen LogP contribution in [0.3, 0.4) is 0 Å². The highest BCUT2D eigenvalue weighted by molar-refractivity contribution is 5.63. The van der Waals surface area contributed by atoms with Gasteiger partial charge in [0.25, 0.3) is 0 Å². The zero-order valence-corrected chi connectivity index (χ0v) is 17.9. The van der Waals surface area contributed by atoms with Gasteiger partial charge in [0.1, 0.15) is 6.17 Å². The lowest BCUT2D eigenvalue weighted by Crippen LogP contribution is -2.44. The predicted octanol–water partition coefficient (Wildman–Crippen LogP) is 4.90. The van der Waals surface area contributed by atoms with Gasteiger partial charge in [-0.3, -0.25) is 0 Å². The SMILES string of the molecule is C=CNC(C(=C)NC)N(C)C(=C)c1ccc(C#Cc2ccc(C(C)C)cc2)cc1. The van der Waals surface area contributed by atoms with E-state index in [0.717, 1.165) is 28.1 Å². The fourth-order valence-electron chi connectivity index (χ4n) is 2.90. The zero-order chi connectivity index (χ0) is 21.4. The molecule has 2 aromatic rings. The molecule has 0 aliphatic heterocycles. The number of rotatable bonds is 8. The molecule has 0 saturated carbocycles. The van der Waals surface area contributed by atoms with E-state index in [1.807, 2.05) is 43.3 Å². The van der Waals surface area contributed by atoms with Gasteiger partial charge in [-0.05, 0) is 47.5 Å². The average molecular weight is 386 g/mol. The van der Waals surface area contributed by atoms with Crippen molar-refractivity contribution in [2.75, 3.05) is 14.1 Å². The first-order valence-electron chi connectivity index (χ1n) is 9.75. The maximum atomic E-state index is 4.24. The van der Waals surface area contributed by atoms with Crippen molar-refractivity contribution >= 4 is 5.70 Å². The van der Waals surface area contributed by atoms with Gasteiger partial charge >= 0.3 is 0 Å². The first-order valence-corrected chi connectivity index (χ1v) is 9.75. The van der Waals surface area contributed by atoms with Crippen molar-refractivity contribution < 1.29 is 0 Å². The van der Waals surface area contributed by atoms with E-state index in [2.05, 4.69) is 80.3 Å². The highest BCUT2D eigenvalue weighted by Gasteiger charge is 2.18. The first kappa shape index (κ1) is 21.9. The van der Waals surface area contributed by atoms with E-state index in [1.54, 1.807) is 6.20 Å².